The Kier molecular flexibility index (Phi) is 6.26. The van der Waals surface area contributed by atoms with E-state index < -0.39 is 4.92 Å². The molecule has 0 unspecified atom stereocenters. The minimum absolute atomic E-state index is 0.0246. The smallest absolute Gasteiger partial charge is 0.269 e. The lowest BCUT2D eigenvalue weighted by Crippen LogP contribution is -2.10. The molecule has 10 heteroatoms. The van der Waals surface area contributed by atoms with Gasteiger partial charge in [0, 0.05) is 12.1 Å². The van der Waals surface area contributed by atoms with E-state index >= 15 is 0 Å². The molecule has 0 atom stereocenters. The highest BCUT2D eigenvalue weighted by atomic mass is 16.6. The van der Waals surface area contributed by atoms with Gasteiger partial charge in [0.15, 0.2) is 11.5 Å². The number of hydrazone groups is 1. The number of rotatable bonds is 8. The van der Waals surface area contributed by atoms with Crippen LogP contribution in [0.4, 0.5) is 11.6 Å². The zero-order chi connectivity index (χ0) is 23.2. The van der Waals surface area contributed by atoms with Crippen LogP contribution in [0.1, 0.15) is 11.1 Å². The van der Waals surface area contributed by atoms with Gasteiger partial charge in [-0.1, -0.05) is 12.1 Å². The van der Waals surface area contributed by atoms with E-state index in [0.717, 1.165) is 11.1 Å². The minimum atomic E-state index is -0.448. The van der Waals surface area contributed by atoms with Crippen molar-refractivity contribution >= 4 is 28.8 Å². The first-order valence-corrected chi connectivity index (χ1v) is 9.86. The van der Waals surface area contributed by atoms with E-state index in [2.05, 4.69) is 20.5 Å². The number of non-ortho nitro benzene ring substituents is 1. The molecule has 0 amide bonds. The van der Waals surface area contributed by atoms with Crippen LogP contribution in [-0.4, -0.2) is 28.2 Å². The highest BCUT2D eigenvalue weighted by molar-refractivity contribution is 5.82. The van der Waals surface area contributed by atoms with E-state index in [0.29, 0.717) is 22.4 Å². The first kappa shape index (κ1) is 21.5. The Labute approximate surface area is 187 Å². The number of nitro benzene ring substituents is 1. The van der Waals surface area contributed by atoms with Gasteiger partial charge in [-0.25, -0.2) is 10.4 Å². The number of aromatic nitrogens is 2. The molecular formula is C23H19N5O5. The molecular weight excluding hydrogens is 426 g/mol. The summed E-state index contributed by atoms with van der Waals surface area (Å²) in [5, 5.41) is 15.4. The molecule has 0 radical (unpaired) electrons. The molecule has 10 nitrogen and oxygen atoms in total. The Morgan fingerprint density at radius 3 is 2.67 bits per heavy atom. The van der Waals surface area contributed by atoms with Gasteiger partial charge in [0.25, 0.3) is 11.2 Å². The van der Waals surface area contributed by atoms with Crippen molar-refractivity contribution in [3.05, 3.63) is 98.3 Å². The lowest BCUT2D eigenvalue weighted by molar-refractivity contribution is -0.384. The molecule has 4 aromatic rings. The summed E-state index contributed by atoms with van der Waals surface area (Å²) in [5.41, 5.74) is 4.57. The monoisotopic (exact) mass is 445 g/mol. The Bertz CT molecular complexity index is 1380. The summed E-state index contributed by atoms with van der Waals surface area (Å²) in [5.74, 6) is 1.24. The summed E-state index contributed by atoms with van der Waals surface area (Å²) in [7, 11) is 1.52. The molecule has 0 spiro atoms. The zero-order valence-electron chi connectivity index (χ0n) is 17.5. The van der Waals surface area contributed by atoms with Gasteiger partial charge in [-0.15, -0.1) is 0 Å². The van der Waals surface area contributed by atoms with Gasteiger partial charge in [-0.05, 0) is 53.6 Å². The van der Waals surface area contributed by atoms with E-state index in [9.17, 15) is 14.9 Å². The number of nitrogens with one attached hydrogen (secondary N) is 2. The fourth-order valence-corrected chi connectivity index (χ4v) is 3.07. The molecule has 0 fully saturated rings. The van der Waals surface area contributed by atoms with Gasteiger partial charge < -0.3 is 9.47 Å². The van der Waals surface area contributed by atoms with E-state index in [1.165, 1.54) is 19.2 Å². The van der Waals surface area contributed by atoms with Gasteiger partial charge in [-0.2, -0.15) is 5.10 Å². The standard InChI is InChI=1S/C23H19N5O5/c1-32-21-12-16(8-11-20(21)33-14-15-6-9-17(10-7-15)28(30)31)13-24-27-23-25-19-5-3-2-4-18(19)22(29)26-23/h2-13H,14H2,1H3,(H2,25,26,27,29)/b24-13-. The zero-order valence-corrected chi connectivity index (χ0v) is 17.5. The maximum atomic E-state index is 12.1. The van der Waals surface area contributed by atoms with Gasteiger partial charge in [-0.3, -0.25) is 19.9 Å². The molecule has 0 saturated heterocycles. The summed E-state index contributed by atoms with van der Waals surface area (Å²) < 4.78 is 11.2. The molecule has 0 saturated carbocycles. The summed E-state index contributed by atoms with van der Waals surface area (Å²) in [6.07, 6.45) is 1.55. The number of H-pyrrole nitrogens is 1. The maximum Gasteiger partial charge on any atom is 0.269 e. The van der Waals surface area contributed by atoms with Crippen molar-refractivity contribution in [3.8, 4) is 11.5 Å². The SMILES string of the molecule is COc1cc(/C=N\Nc2nc3ccccc3c(=O)[nH]2)ccc1OCc1ccc([N+](=O)[O-])cc1. The van der Waals surface area contributed by atoms with Crippen molar-refractivity contribution in [2.24, 2.45) is 5.10 Å². The number of hydrogen-bond acceptors (Lipinski definition) is 8. The lowest BCUT2D eigenvalue weighted by Gasteiger charge is -2.11. The van der Waals surface area contributed by atoms with Gasteiger partial charge in [0.05, 0.1) is 29.2 Å². The third kappa shape index (κ3) is 5.13. The van der Waals surface area contributed by atoms with Crippen LogP contribution in [-0.2, 0) is 6.61 Å². The molecule has 0 aliphatic carbocycles. The third-order valence-corrected chi connectivity index (χ3v) is 4.73. The molecule has 0 bridgehead atoms. The molecule has 166 valence electrons. The van der Waals surface area contributed by atoms with E-state index in [1.54, 1.807) is 60.8 Å². The molecule has 33 heavy (non-hydrogen) atoms. The van der Waals surface area contributed by atoms with Crippen LogP contribution in [0.25, 0.3) is 10.9 Å². The summed E-state index contributed by atoms with van der Waals surface area (Å²) in [6.45, 7) is 0.227. The van der Waals surface area contributed by atoms with Gasteiger partial charge in [0.1, 0.15) is 6.61 Å². The molecule has 3 aromatic carbocycles. The predicted octanol–water partition coefficient (Wildman–Crippen LogP) is 3.86. The van der Waals surface area contributed by atoms with Crippen LogP contribution >= 0.6 is 0 Å². The summed E-state index contributed by atoms with van der Waals surface area (Å²) >= 11 is 0. The number of ether oxygens (including phenoxy) is 2. The number of anilines is 1. The number of fused-ring (bicyclic) bond motifs is 1. The lowest BCUT2D eigenvalue weighted by atomic mass is 10.2. The molecule has 0 aliphatic heterocycles. The highest BCUT2D eigenvalue weighted by Gasteiger charge is 2.08. The van der Waals surface area contributed by atoms with Gasteiger partial charge in [0.2, 0.25) is 5.95 Å². The first-order chi connectivity index (χ1) is 16.0. The first-order valence-electron chi connectivity index (χ1n) is 9.86. The second-order valence-electron chi connectivity index (χ2n) is 6.92. The number of nitrogens with zero attached hydrogens (tertiary/aromatic N) is 3. The molecule has 4 rings (SSSR count). The number of para-hydroxylation sites is 1. The van der Waals surface area contributed by atoms with Crippen LogP contribution in [0.3, 0.4) is 0 Å². The van der Waals surface area contributed by atoms with Crippen molar-refractivity contribution in [2.75, 3.05) is 12.5 Å². The predicted molar refractivity (Wildman–Crippen MR) is 124 cm³/mol. The highest BCUT2D eigenvalue weighted by Crippen LogP contribution is 2.28. The van der Waals surface area contributed by atoms with Crippen LogP contribution < -0.4 is 20.5 Å². The minimum Gasteiger partial charge on any atom is -0.493 e. The fourth-order valence-electron chi connectivity index (χ4n) is 3.07. The molecule has 2 N–H and O–H groups in total. The van der Waals surface area contributed by atoms with Crippen molar-refractivity contribution in [1.29, 1.82) is 0 Å². The van der Waals surface area contributed by atoms with E-state index in [-0.39, 0.29) is 23.8 Å². The van der Waals surface area contributed by atoms with Crippen LogP contribution in [0.2, 0.25) is 0 Å². The number of hydrogen-bond donors (Lipinski definition) is 2. The maximum absolute atomic E-state index is 12.1. The van der Waals surface area contributed by atoms with Gasteiger partial charge >= 0.3 is 0 Å². The van der Waals surface area contributed by atoms with Crippen molar-refractivity contribution < 1.29 is 14.4 Å². The quantitative estimate of drug-likeness (QED) is 0.239. The Hall–Kier alpha value is -4.73. The topological polar surface area (TPSA) is 132 Å². The second-order valence-corrected chi connectivity index (χ2v) is 6.92. The normalized spacial score (nSPS) is 10.9. The Balaban J connectivity index is 1.42. The molecule has 0 aliphatic rings. The summed E-state index contributed by atoms with van der Waals surface area (Å²) in [4.78, 5) is 29.4. The Morgan fingerprint density at radius 2 is 1.91 bits per heavy atom. The van der Waals surface area contributed by atoms with Crippen LogP contribution in [0.5, 0.6) is 11.5 Å². The fraction of sp³-hybridized carbons (Fsp3) is 0.0870. The van der Waals surface area contributed by atoms with Crippen molar-refractivity contribution in [2.45, 2.75) is 6.61 Å². The number of methoxy groups -OCH3 is 1. The number of aromatic amines is 1. The summed E-state index contributed by atoms with van der Waals surface area (Å²) in [6, 6.07) is 18.4. The van der Waals surface area contributed by atoms with E-state index in [4.69, 9.17) is 9.47 Å². The third-order valence-electron chi connectivity index (χ3n) is 4.73. The largest absolute Gasteiger partial charge is 0.493 e. The number of benzene rings is 3. The second kappa shape index (κ2) is 9.60. The van der Waals surface area contributed by atoms with Crippen LogP contribution in [0, 0.1) is 10.1 Å². The van der Waals surface area contributed by atoms with Crippen molar-refractivity contribution in [3.63, 3.8) is 0 Å². The Morgan fingerprint density at radius 1 is 1.12 bits per heavy atom. The number of nitro groups is 1. The van der Waals surface area contributed by atoms with Crippen molar-refractivity contribution in [1.82, 2.24) is 9.97 Å². The van der Waals surface area contributed by atoms with E-state index in [1.807, 2.05) is 0 Å². The van der Waals surface area contributed by atoms with Crippen LogP contribution in [0.15, 0.2) is 76.6 Å². The molecule has 1 aromatic heterocycles. The molecule has 1 heterocycles. The average molecular weight is 445 g/mol. The average Bonchev–Trinajstić information content (AvgIpc) is 2.83.